The number of nitrogens with zero attached hydrogens (tertiary/aromatic N) is 1. The quantitative estimate of drug-likeness (QED) is 0.659. The highest BCUT2D eigenvalue weighted by atomic mass is 35.5. The molecule has 0 radical (unpaired) electrons. The predicted octanol–water partition coefficient (Wildman–Crippen LogP) is 4.98. The molecule has 1 aromatic carbocycles. The Morgan fingerprint density at radius 2 is 1.65 bits per heavy atom. The van der Waals surface area contributed by atoms with Gasteiger partial charge in [-0.15, -0.1) is 0 Å². The van der Waals surface area contributed by atoms with Crippen LogP contribution >= 0.6 is 23.2 Å². The van der Waals surface area contributed by atoms with Crippen LogP contribution in [0.2, 0.25) is 10.0 Å². The van der Waals surface area contributed by atoms with Crippen LogP contribution in [0.25, 0.3) is 10.9 Å². The lowest BCUT2D eigenvalue weighted by atomic mass is 9.91. The zero-order chi connectivity index (χ0) is 12.8. The van der Waals surface area contributed by atoms with E-state index in [1.807, 2.05) is 20.8 Å². The van der Waals surface area contributed by atoms with Crippen LogP contribution in [0.15, 0.2) is 18.2 Å². The van der Waals surface area contributed by atoms with Gasteiger partial charge in [-0.1, -0.05) is 44.0 Å². The smallest absolute Gasteiger partial charge is 0.126 e. The molecule has 0 unspecified atom stereocenters. The predicted molar refractivity (Wildman–Crippen MR) is 70.4 cm³/mol. The van der Waals surface area contributed by atoms with E-state index in [1.54, 1.807) is 6.07 Å². The summed E-state index contributed by atoms with van der Waals surface area (Å²) >= 11 is 12.1. The first-order chi connectivity index (χ1) is 7.79. The fourth-order valence-corrected chi connectivity index (χ4v) is 2.28. The van der Waals surface area contributed by atoms with Crippen LogP contribution in [0.1, 0.15) is 26.5 Å². The molecule has 0 aliphatic heterocycles. The summed E-state index contributed by atoms with van der Waals surface area (Å²) in [7, 11) is 0. The lowest BCUT2D eigenvalue weighted by Crippen LogP contribution is -2.13. The Bertz CT molecular complexity index is 588. The summed E-state index contributed by atoms with van der Waals surface area (Å²) in [5.41, 5.74) is 1.17. The molecule has 0 amide bonds. The van der Waals surface area contributed by atoms with Gasteiger partial charge in [0.15, 0.2) is 0 Å². The van der Waals surface area contributed by atoms with Crippen LogP contribution in [0.3, 0.4) is 0 Å². The van der Waals surface area contributed by atoms with Gasteiger partial charge < -0.3 is 0 Å². The van der Waals surface area contributed by atoms with Crippen LogP contribution in [-0.2, 0) is 5.41 Å². The minimum absolute atomic E-state index is 0.142. The van der Waals surface area contributed by atoms with Gasteiger partial charge in [-0.05, 0) is 12.1 Å². The van der Waals surface area contributed by atoms with Crippen molar-refractivity contribution >= 4 is 34.1 Å². The molecule has 0 N–H and O–H groups in total. The van der Waals surface area contributed by atoms with Crippen LogP contribution in [-0.4, -0.2) is 4.98 Å². The van der Waals surface area contributed by atoms with Gasteiger partial charge in [-0.2, -0.15) is 0 Å². The van der Waals surface area contributed by atoms with Gasteiger partial charge in [-0.25, -0.2) is 4.39 Å². The van der Waals surface area contributed by atoms with Gasteiger partial charge in [0, 0.05) is 22.6 Å². The Hall–Kier alpha value is -0.860. The Balaban J connectivity index is 2.82. The Labute approximate surface area is 110 Å². The molecule has 0 aliphatic rings. The molecule has 0 bridgehead atoms. The third-order valence-corrected chi connectivity index (χ3v) is 3.14. The van der Waals surface area contributed by atoms with Crippen molar-refractivity contribution in [2.24, 2.45) is 0 Å². The fraction of sp³-hybridized carbons (Fsp3) is 0.308. The van der Waals surface area contributed by atoms with E-state index in [0.29, 0.717) is 15.9 Å². The van der Waals surface area contributed by atoms with E-state index < -0.39 is 5.82 Å². The molecule has 4 heteroatoms. The standard InChI is InChI=1S/C13H12Cl2FN/c1-13(2,3)11-6-9(15)12-8(14)4-7(16)5-10(12)17-11/h4-6H,1-3H3. The summed E-state index contributed by atoms with van der Waals surface area (Å²) in [5.74, 6) is -0.405. The molecular formula is C13H12Cl2FN. The molecule has 2 rings (SSSR count). The number of halogens is 3. The van der Waals surface area contributed by atoms with Crippen molar-refractivity contribution in [1.29, 1.82) is 0 Å². The molecule has 0 atom stereocenters. The van der Waals surface area contributed by atoms with E-state index in [1.165, 1.54) is 12.1 Å². The van der Waals surface area contributed by atoms with Gasteiger partial charge in [0.25, 0.3) is 0 Å². The zero-order valence-electron chi connectivity index (χ0n) is 9.81. The van der Waals surface area contributed by atoms with Crippen molar-refractivity contribution in [1.82, 2.24) is 4.98 Å². The number of pyridine rings is 1. The highest BCUT2D eigenvalue weighted by Gasteiger charge is 2.18. The van der Waals surface area contributed by atoms with Crippen LogP contribution in [0.4, 0.5) is 4.39 Å². The molecule has 0 saturated heterocycles. The van der Waals surface area contributed by atoms with E-state index in [4.69, 9.17) is 23.2 Å². The maximum Gasteiger partial charge on any atom is 0.126 e. The summed E-state index contributed by atoms with van der Waals surface area (Å²) in [6, 6.07) is 4.38. The van der Waals surface area contributed by atoms with Crippen LogP contribution in [0, 0.1) is 5.82 Å². The lowest BCUT2D eigenvalue weighted by molar-refractivity contribution is 0.571. The third-order valence-electron chi connectivity index (χ3n) is 2.55. The van der Waals surface area contributed by atoms with Crippen LogP contribution < -0.4 is 0 Å². The minimum atomic E-state index is -0.405. The van der Waals surface area contributed by atoms with Crippen LogP contribution in [0.5, 0.6) is 0 Å². The summed E-state index contributed by atoms with van der Waals surface area (Å²) < 4.78 is 13.3. The number of hydrogen-bond acceptors (Lipinski definition) is 1. The molecule has 0 spiro atoms. The molecule has 0 aliphatic carbocycles. The van der Waals surface area contributed by atoms with E-state index in [0.717, 1.165) is 5.69 Å². The first kappa shape index (κ1) is 12.6. The molecule has 17 heavy (non-hydrogen) atoms. The average molecular weight is 272 g/mol. The zero-order valence-corrected chi connectivity index (χ0v) is 11.3. The van der Waals surface area contributed by atoms with E-state index in [-0.39, 0.29) is 10.4 Å². The first-order valence-corrected chi connectivity index (χ1v) is 6.00. The van der Waals surface area contributed by atoms with Gasteiger partial charge >= 0.3 is 0 Å². The number of fused-ring (bicyclic) bond motifs is 1. The first-order valence-electron chi connectivity index (χ1n) is 5.25. The Morgan fingerprint density at radius 3 is 2.24 bits per heavy atom. The largest absolute Gasteiger partial charge is 0.252 e. The van der Waals surface area contributed by atoms with Gasteiger partial charge in [0.2, 0.25) is 0 Å². The lowest BCUT2D eigenvalue weighted by Gasteiger charge is -2.19. The summed E-state index contributed by atoms with van der Waals surface area (Å²) in [5, 5.41) is 1.39. The summed E-state index contributed by atoms with van der Waals surface area (Å²) in [6.45, 7) is 6.08. The second kappa shape index (κ2) is 4.11. The second-order valence-corrected chi connectivity index (χ2v) is 5.84. The second-order valence-electron chi connectivity index (χ2n) is 5.02. The fourth-order valence-electron chi connectivity index (χ4n) is 1.62. The maximum absolute atomic E-state index is 13.3. The van der Waals surface area contributed by atoms with Gasteiger partial charge in [0.05, 0.1) is 15.6 Å². The molecule has 0 saturated carbocycles. The summed E-state index contributed by atoms with van der Waals surface area (Å²) in [6.07, 6.45) is 0. The SMILES string of the molecule is CC(C)(C)c1cc(Cl)c2c(Cl)cc(F)cc2n1. The number of benzene rings is 1. The summed E-state index contributed by atoms with van der Waals surface area (Å²) in [4.78, 5) is 4.42. The average Bonchev–Trinajstić information content (AvgIpc) is 2.13. The molecule has 90 valence electrons. The number of aromatic nitrogens is 1. The molecular weight excluding hydrogens is 260 g/mol. The Morgan fingerprint density at radius 1 is 1.06 bits per heavy atom. The molecule has 2 aromatic rings. The molecule has 1 nitrogen and oxygen atoms in total. The van der Waals surface area contributed by atoms with Crippen molar-refractivity contribution in [3.8, 4) is 0 Å². The number of hydrogen-bond donors (Lipinski definition) is 0. The Kier molecular flexibility index (Phi) is 3.04. The molecule has 0 fully saturated rings. The molecule has 1 aromatic heterocycles. The van der Waals surface area contributed by atoms with Gasteiger partial charge in [-0.3, -0.25) is 4.98 Å². The monoisotopic (exact) mass is 271 g/mol. The van der Waals surface area contributed by atoms with Crippen molar-refractivity contribution in [2.45, 2.75) is 26.2 Å². The number of rotatable bonds is 0. The topological polar surface area (TPSA) is 12.9 Å². The van der Waals surface area contributed by atoms with Crippen molar-refractivity contribution in [3.63, 3.8) is 0 Å². The van der Waals surface area contributed by atoms with E-state index >= 15 is 0 Å². The van der Waals surface area contributed by atoms with Crippen molar-refractivity contribution < 1.29 is 4.39 Å². The van der Waals surface area contributed by atoms with E-state index in [2.05, 4.69) is 4.98 Å². The highest BCUT2D eigenvalue weighted by Crippen LogP contribution is 2.33. The normalized spacial score (nSPS) is 12.1. The maximum atomic E-state index is 13.3. The van der Waals surface area contributed by atoms with Crippen molar-refractivity contribution in [3.05, 3.63) is 39.8 Å². The van der Waals surface area contributed by atoms with Crippen molar-refractivity contribution in [2.75, 3.05) is 0 Å². The highest BCUT2D eigenvalue weighted by molar-refractivity contribution is 6.42. The third kappa shape index (κ3) is 2.38. The van der Waals surface area contributed by atoms with E-state index in [9.17, 15) is 4.39 Å². The van der Waals surface area contributed by atoms with Gasteiger partial charge in [0.1, 0.15) is 5.82 Å². The molecule has 1 heterocycles. The minimum Gasteiger partial charge on any atom is -0.252 e.